The highest BCUT2D eigenvalue weighted by Gasteiger charge is 2.53. The van der Waals surface area contributed by atoms with E-state index in [1.165, 1.54) is 0 Å². The van der Waals surface area contributed by atoms with Gasteiger partial charge in [0, 0.05) is 11.2 Å². The lowest BCUT2D eigenvalue weighted by atomic mass is 9.90. The first-order chi connectivity index (χ1) is 8.28. The minimum atomic E-state index is -3.34. The van der Waals surface area contributed by atoms with Crippen LogP contribution in [0.15, 0.2) is 0 Å². The summed E-state index contributed by atoms with van der Waals surface area (Å²) in [6.07, 6.45) is 3.43. The average molecular weight is 292 g/mol. The molecule has 0 bridgehead atoms. The van der Waals surface area contributed by atoms with Crippen LogP contribution >= 0.6 is 10.8 Å². The van der Waals surface area contributed by atoms with Crippen LogP contribution in [0.25, 0.3) is 0 Å². The Hall–Kier alpha value is -0.230. The van der Waals surface area contributed by atoms with Gasteiger partial charge in [0.1, 0.15) is 0 Å². The lowest BCUT2D eigenvalue weighted by Crippen LogP contribution is -2.35. The van der Waals surface area contributed by atoms with Gasteiger partial charge < -0.3 is 4.74 Å². The first-order valence-corrected chi connectivity index (χ1v) is 9.35. The zero-order valence-corrected chi connectivity index (χ0v) is 12.6. The first-order valence-electron chi connectivity index (χ1n) is 6.41. The molecule has 0 N–H and O–H groups in total. The van der Waals surface area contributed by atoms with Crippen LogP contribution in [-0.4, -0.2) is 25.1 Å². The second-order valence-corrected chi connectivity index (χ2v) is 9.95. The molecule has 1 saturated heterocycles. The Balaban J connectivity index is 2.15. The Morgan fingerprint density at radius 3 is 2.67 bits per heavy atom. The summed E-state index contributed by atoms with van der Waals surface area (Å²) < 4.78 is 29.4. The fourth-order valence-electron chi connectivity index (χ4n) is 2.38. The number of hydrogen-bond donors (Lipinski definition) is 0. The highest BCUT2D eigenvalue weighted by molar-refractivity contribution is 8.72. The zero-order valence-electron chi connectivity index (χ0n) is 11.0. The van der Waals surface area contributed by atoms with Gasteiger partial charge in [0.05, 0.1) is 5.41 Å². The van der Waals surface area contributed by atoms with Crippen LogP contribution in [0, 0.1) is 11.3 Å². The molecule has 0 amide bonds. The molecule has 4 nitrogen and oxygen atoms in total. The van der Waals surface area contributed by atoms with Crippen LogP contribution in [-0.2, 0) is 18.4 Å². The van der Waals surface area contributed by atoms with Gasteiger partial charge in [-0.15, -0.1) is 0 Å². The van der Waals surface area contributed by atoms with E-state index in [4.69, 9.17) is 4.74 Å². The second kappa shape index (κ2) is 4.71. The summed E-state index contributed by atoms with van der Waals surface area (Å²) in [7, 11) is -2.33. The summed E-state index contributed by atoms with van der Waals surface area (Å²) in [5.74, 6) is -0.400. The number of hydrogen-bond acceptors (Lipinski definition) is 5. The quantitative estimate of drug-likeness (QED) is 0.591. The van der Waals surface area contributed by atoms with Crippen molar-refractivity contribution in [3.63, 3.8) is 0 Å². The maximum atomic E-state index is 12.0. The fourth-order valence-corrected chi connectivity index (χ4v) is 7.20. The van der Waals surface area contributed by atoms with Gasteiger partial charge in [0.25, 0.3) is 0 Å². The minimum Gasteiger partial charge on any atom is -0.444 e. The molecular weight excluding hydrogens is 272 g/mol. The monoisotopic (exact) mass is 292 g/mol. The van der Waals surface area contributed by atoms with Crippen LogP contribution in [0.1, 0.15) is 46.5 Å². The van der Waals surface area contributed by atoms with Gasteiger partial charge >= 0.3 is 5.97 Å². The zero-order chi connectivity index (χ0) is 13.6. The van der Waals surface area contributed by atoms with Crippen LogP contribution in [0.2, 0.25) is 0 Å². The largest absolute Gasteiger partial charge is 0.444 e. The molecule has 3 unspecified atom stereocenters. The number of fused-ring (bicyclic) bond motifs is 1. The van der Waals surface area contributed by atoms with Crippen molar-refractivity contribution in [1.82, 2.24) is 0 Å². The molecule has 1 aliphatic carbocycles. The normalized spacial score (nSPS) is 34.3. The van der Waals surface area contributed by atoms with E-state index in [9.17, 15) is 13.2 Å². The molecule has 2 fully saturated rings. The molecule has 18 heavy (non-hydrogen) atoms. The average Bonchev–Trinajstić information content (AvgIpc) is 2.79. The van der Waals surface area contributed by atoms with E-state index in [0.29, 0.717) is 6.42 Å². The summed E-state index contributed by atoms with van der Waals surface area (Å²) in [4.78, 5) is 12.0. The molecule has 2 aliphatic rings. The number of esters is 1. The molecular formula is C12H20O4S2. The predicted octanol–water partition coefficient (Wildman–Crippen LogP) is 2.54. The predicted molar refractivity (Wildman–Crippen MR) is 71.6 cm³/mol. The third-order valence-corrected chi connectivity index (χ3v) is 8.29. The van der Waals surface area contributed by atoms with E-state index in [-0.39, 0.29) is 11.2 Å². The van der Waals surface area contributed by atoms with E-state index in [1.54, 1.807) is 13.8 Å². The number of carbonyl (C=O) groups excluding carboxylic acids is 1. The van der Waals surface area contributed by atoms with Crippen molar-refractivity contribution in [3.8, 4) is 0 Å². The molecule has 1 heterocycles. The minimum absolute atomic E-state index is 0.00314. The molecule has 0 spiro atoms. The third-order valence-electron chi connectivity index (χ3n) is 4.06. The topological polar surface area (TPSA) is 60.4 Å². The molecule has 0 aromatic heterocycles. The molecule has 3 atom stereocenters. The maximum Gasteiger partial charge on any atom is 0.312 e. The Morgan fingerprint density at radius 2 is 2.06 bits per heavy atom. The lowest BCUT2D eigenvalue weighted by molar-refractivity contribution is -0.157. The molecule has 0 radical (unpaired) electrons. The van der Waals surface area contributed by atoms with E-state index >= 15 is 0 Å². The number of carbonyl (C=O) groups is 1. The molecule has 2 rings (SSSR count). The van der Waals surface area contributed by atoms with Crippen LogP contribution in [0.3, 0.4) is 0 Å². The first kappa shape index (κ1) is 14.2. The van der Waals surface area contributed by atoms with Gasteiger partial charge in [-0.25, -0.2) is 8.42 Å². The van der Waals surface area contributed by atoms with E-state index in [1.807, 2.05) is 6.92 Å². The smallest absolute Gasteiger partial charge is 0.312 e. The van der Waals surface area contributed by atoms with Crippen molar-refractivity contribution in [2.45, 2.75) is 57.1 Å². The van der Waals surface area contributed by atoms with Crippen molar-refractivity contribution in [2.24, 2.45) is 11.3 Å². The Bertz CT molecular complexity index is 441. The van der Waals surface area contributed by atoms with Gasteiger partial charge in [-0.1, -0.05) is 13.3 Å². The highest BCUT2D eigenvalue weighted by Crippen LogP contribution is 2.50. The van der Waals surface area contributed by atoms with Crippen molar-refractivity contribution in [3.05, 3.63) is 0 Å². The van der Waals surface area contributed by atoms with Crippen molar-refractivity contribution in [1.29, 1.82) is 0 Å². The van der Waals surface area contributed by atoms with Gasteiger partial charge in [-0.3, -0.25) is 4.79 Å². The number of ether oxygens (including phenoxy) is 1. The lowest BCUT2D eigenvalue weighted by Gasteiger charge is -2.24. The Kier molecular flexibility index (Phi) is 3.71. The summed E-state index contributed by atoms with van der Waals surface area (Å²) in [6, 6.07) is 0. The molecule has 104 valence electrons. The molecule has 0 aromatic rings. The summed E-state index contributed by atoms with van der Waals surface area (Å²) in [5, 5.41) is 0.123. The summed E-state index contributed by atoms with van der Waals surface area (Å²) in [5.41, 5.74) is -1.54. The van der Waals surface area contributed by atoms with Crippen LogP contribution in [0.4, 0.5) is 0 Å². The molecule has 6 heteroatoms. The van der Waals surface area contributed by atoms with E-state index in [0.717, 1.165) is 30.1 Å². The Labute approximate surface area is 112 Å². The molecule has 1 aliphatic heterocycles. The van der Waals surface area contributed by atoms with Crippen molar-refractivity contribution >= 4 is 25.6 Å². The van der Waals surface area contributed by atoms with Gasteiger partial charge in [0.15, 0.2) is 0 Å². The van der Waals surface area contributed by atoms with E-state index < -0.39 is 25.7 Å². The fraction of sp³-hybridized carbons (Fsp3) is 0.917. The maximum absolute atomic E-state index is 12.0. The van der Waals surface area contributed by atoms with Gasteiger partial charge in [0.2, 0.25) is 14.3 Å². The Morgan fingerprint density at radius 1 is 1.39 bits per heavy atom. The SMILES string of the molecule is CCC(C)(C)C(=O)OC1C2CCCC2SS1(=O)=O. The molecule has 0 aromatic carbocycles. The van der Waals surface area contributed by atoms with Crippen LogP contribution in [0.5, 0.6) is 0 Å². The highest BCUT2D eigenvalue weighted by atomic mass is 33.1. The third kappa shape index (κ3) is 2.41. The van der Waals surface area contributed by atoms with Crippen molar-refractivity contribution in [2.75, 3.05) is 0 Å². The van der Waals surface area contributed by atoms with Crippen LogP contribution < -0.4 is 0 Å². The molecule has 1 saturated carbocycles. The van der Waals surface area contributed by atoms with Crippen molar-refractivity contribution < 1.29 is 17.9 Å². The van der Waals surface area contributed by atoms with Gasteiger partial charge in [-0.05, 0) is 43.9 Å². The summed E-state index contributed by atoms with van der Waals surface area (Å²) >= 11 is 0. The van der Waals surface area contributed by atoms with E-state index in [2.05, 4.69) is 0 Å². The standard InChI is InChI=1S/C12H20O4S2/c1-4-12(2,3)11(13)16-10-8-6-5-7-9(8)17-18(10,14)15/h8-10H,4-7H2,1-3H3. The van der Waals surface area contributed by atoms with Gasteiger partial charge in [-0.2, -0.15) is 0 Å². The number of rotatable bonds is 3. The summed E-state index contributed by atoms with van der Waals surface area (Å²) in [6.45, 7) is 5.48. The second-order valence-electron chi connectivity index (χ2n) is 5.73.